The van der Waals surface area contributed by atoms with Gasteiger partial charge in [-0.2, -0.15) is 0 Å². The van der Waals surface area contributed by atoms with Crippen LogP contribution < -0.4 is 15.9 Å². The Kier molecular flexibility index (Phi) is 15.4. The molecule has 4 aromatic carbocycles. The average molecular weight is 734 g/mol. The first-order chi connectivity index (χ1) is 26.0. The summed E-state index contributed by atoms with van der Waals surface area (Å²) in [5.41, 5.74) is 0.887. The summed E-state index contributed by atoms with van der Waals surface area (Å²) in [6, 6.07) is 37.5. The Hall–Kier alpha value is -4.08. The molecule has 0 saturated heterocycles. The van der Waals surface area contributed by atoms with E-state index in [2.05, 4.69) is 43.3 Å². The van der Waals surface area contributed by atoms with Crippen molar-refractivity contribution in [1.29, 1.82) is 0 Å². The standard InChI is InChI=1S/C47H60NO4P/c1-2-3-4-5-6-7-8-9-10-11-12-13-14-15-25-37-45(49)52-53(40-29-19-16-20-30-40,41-31-21-17-22-32-41,42-33-23-18-24-34-42)39-28-38-48-46(50)43-35-26-27-36-44(43)47(48)51/h16-24,26-27,29-36H,2-15,25,28,37-39H2,1H3. The number of carbonyl (C=O) groups is 3. The van der Waals surface area contributed by atoms with Gasteiger partial charge in [0, 0.05) is 0 Å². The van der Waals surface area contributed by atoms with Crippen LogP contribution in [0.25, 0.3) is 0 Å². The van der Waals surface area contributed by atoms with Gasteiger partial charge in [-0.05, 0) is 0 Å². The molecule has 4 aromatic rings. The second-order valence-corrected chi connectivity index (χ2v) is 19.4. The first-order valence-electron chi connectivity index (χ1n) is 20.4. The third-order valence-electron chi connectivity index (χ3n) is 11.0. The van der Waals surface area contributed by atoms with Crippen LogP contribution in [0, 0.1) is 0 Å². The summed E-state index contributed by atoms with van der Waals surface area (Å²) in [5, 5.41) is 2.88. The number of hydrogen-bond donors (Lipinski definition) is 0. The normalized spacial score (nSPS) is 13.5. The summed E-state index contributed by atoms with van der Waals surface area (Å²) in [6.07, 6.45) is 20.3. The van der Waals surface area contributed by atoms with Crippen molar-refractivity contribution in [2.24, 2.45) is 0 Å². The zero-order chi connectivity index (χ0) is 37.2. The molecule has 6 heteroatoms. The molecule has 53 heavy (non-hydrogen) atoms. The van der Waals surface area contributed by atoms with Crippen LogP contribution in [-0.4, -0.2) is 35.4 Å². The van der Waals surface area contributed by atoms with Gasteiger partial charge in [0.1, 0.15) is 0 Å². The molecule has 5 rings (SSSR count). The van der Waals surface area contributed by atoms with Crippen LogP contribution in [0.2, 0.25) is 0 Å². The first-order valence-corrected chi connectivity index (χ1v) is 22.7. The first kappa shape index (κ1) is 40.1. The number of nitrogens with zero attached hydrogens (tertiary/aromatic N) is 1. The van der Waals surface area contributed by atoms with Crippen LogP contribution in [0.15, 0.2) is 115 Å². The van der Waals surface area contributed by atoms with Gasteiger partial charge in [0.2, 0.25) is 0 Å². The van der Waals surface area contributed by atoms with E-state index in [1.165, 1.54) is 81.9 Å². The van der Waals surface area contributed by atoms with E-state index in [1.807, 2.05) is 54.6 Å². The molecule has 1 aliphatic heterocycles. The van der Waals surface area contributed by atoms with Gasteiger partial charge >= 0.3 is 274 Å². The van der Waals surface area contributed by atoms with Crippen LogP contribution in [0.1, 0.15) is 137 Å². The predicted molar refractivity (Wildman–Crippen MR) is 222 cm³/mol. The third-order valence-corrected chi connectivity index (χ3v) is 17.0. The van der Waals surface area contributed by atoms with E-state index in [1.54, 1.807) is 24.3 Å². The number of unbranched alkanes of at least 4 members (excludes halogenated alkanes) is 14. The van der Waals surface area contributed by atoms with Gasteiger partial charge in [-0.3, -0.25) is 0 Å². The van der Waals surface area contributed by atoms with Gasteiger partial charge in [-0.1, -0.05) is 45.4 Å². The second-order valence-electron chi connectivity index (χ2n) is 14.8. The Morgan fingerprint density at radius 3 is 1.25 bits per heavy atom. The van der Waals surface area contributed by atoms with Crippen LogP contribution >= 0.6 is 6.83 Å². The summed E-state index contributed by atoms with van der Waals surface area (Å²) in [5.74, 6) is -0.736. The Labute approximate surface area is 318 Å². The summed E-state index contributed by atoms with van der Waals surface area (Å²) in [6.45, 7) is -1.47. The zero-order valence-electron chi connectivity index (χ0n) is 31.9. The minimum absolute atomic E-state index is 0.199. The summed E-state index contributed by atoms with van der Waals surface area (Å²) < 4.78 is 7.19. The molecule has 5 nitrogen and oxygen atoms in total. The molecule has 0 aromatic heterocycles. The quantitative estimate of drug-likeness (QED) is 0.0409. The Bertz CT molecular complexity index is 1590. The van der Waals surface area contributed by atoms with E-state index in [0.29, 0.717) is 30.1 Å². The average Bonchev–Trinajstić information content (AvgIpc) is 3.44. The predicted octanol–water partition coefficient (Wildman–Crippen LogP) is 10.9. The van der Waals surface area contributed by atoms with Gasteiger partial charge in [-0.25, -0.2) is 0 Å². The van der Waals surface area contributed by atoms with Crippen LogP contribution in [0.4, 0.5) is 0 Å². The summed E-state index contributed by atoms with van der Waals surface area (Å²) in [7, 11) is 0. The third kappa shape index (κ3) is 9.73. The molecule has 0 aliphatic carbocycles. The number of carbonyl (C=O) groups excluding carboxylic acids is 3. The monoisotopic (exact) mass is 733 g/mol. The molecular weight excluding hydrogens is 673 g/mol. The number of benzene rings is 4. The molecule has 0 saturated carbocycles. The number of amides is 2. The van der Waals surface area contributed by atoms with Gasteiger partial charge in [0.05, 0.1) is 0 Å². The van der Waals surface area contributed by atoms with Crippen molar-refractivity contribution in [2.45, 2.75) is 116 Å². The number of imide groups is 1. The van der Waals surface area contributed by atoms with E-state index >= 15 is 0 Å². The molecule has 0 bridgehead atoms. The molecule has 0 radical (unpaired) electrons. The fraction of sp³-hybridized carbons (Fsp3) is 0.426. The molecule has 282 valence electrons. The Morgan fingerprint density at radius 1 is 0.491 bits per heavy atom. The topological polar surface area (TPSA) is 63.7 Å². The van der Waals surface area contributed by atoms with Crippen molar-refractivity contribution in [3.63, 3.8) is 0 Å². The van der Waals surface area contributed by atoms with E-state index in [0.717, 1.165) is 35.2 Å². The van der Waals surface area contributed by atoms with Crippen molar-refractivity contribution < 1.29 is 18.9 Å². The van der Waals surface area contributed by atoms with E-state index in [-0.39, 0.29) is 24.3 Å². The summed E-state index contributed by atoms with van der Waals surface area (Å²) in [4.78, 5) is 42.4. The molecule has 1 aliphatic rings. The minimum atomic E-state index is -3.97. The van der Waals surface area contributed by atoms with Gasteiger partial charge in [0.15, 0.2) is 0 Å². The van der Waals surface area contributed by atoms with Gasteiger partial charge in [-0.15, -0.1) is 0 Å². The van der Waals surface area contributed by atoms with Crippen LogP contribution in [0.5, 0.6) is 0 Å². The van der Waals surface area contributed by atoms with Crippen molar-refractivity contribution in [3.05, 3.63) is 126 Å². The summed E-state index contributed by atoms with van der Waals surface area (Å²) >= 11 is 0. The number of fused-ring (bicyclic) bond motifs is 1. The molecule has 0 N–H and O–H groups in total. The van der Waals surface area contributed by atoms with Crippen molar-refractivity contribution >= 4 is 40.5 Å². The second kappa shape index (κ2) is 20.4. The van der Waals surface area contributed by atoms with E-state index < -0.39 is 6.83 Å². The van der Waals surface area contributed by atoms with Crippen molar-refractivity contribution in [1.82, 2.24) is 4.90 Å². The molecular formula is C47H60NO4P. The molecule has 0 fully saturated rings. The number of rotatable bonds is 24. The number of hydrogen-bond acceptors (Lipinski definition) is 4. The molecule has 0 atom stereocenters. The zero-order valence-corrected chi connectivity index (χ0v) is 32.8. The maximum atomic E-state index is 14.3. The molecule has 2 amide bonds. The molecule has 0 spiro atoms. The fourth-order valence-corrected chi connectivity index (χ4v) is 13.9. The van der Waals surface area contributed by atoms with Crippen molar-refractivity contribution in [2.75, 3.05) is 12.7 Å². The Morgan fingerprint density at radius 2 is 0.849 bits per heavy atom. The van der Waals surface area contributed by atoms with Crippen LogP contribution in [-0.2, 0) is 9.32 Å². The van der Waals surface area contributed by atoms with E-state index in [4.69, 9.17) is 4.52 Å². The molecule has 0 unspecified atom stereocenters. The SMILES string of the molecule is CCCCCCCCCCCCCCCCCC(=O)OP(CCCN1C(=O)c2ccccc2C1=O)(c1ccccc1)(c1ccccc1)c1ccccc1. The Balaban J connectivity index is 1.27. The van der Waals surface area contributed by atoms with Crippen LogP contribution in [0.3, 0.4) is 0 Å². The van der Waals surface area contributed by atoms with Crippen molar-refractivity contribution in [3.8, 4) is 0 Å². The van der Waals surface area contributed by atoms with E-state index in [9.17, 15) is 14.4 Å². The van der Waals surface area contributed by atoms with Gasteiger partial charge < -0.3 is 0 Å². The maximum absolute atomic E-state index is 14.3. The molecule has 1 heterocycles. The van der Waals surface area contributed by atoms with Gasteiger partial charge in [0.25, 0.3) is 0 Å². The fourth-order valence-electron chi connectivity index (χ4n) is 8.15.